The second kappa shape index (κ2) is 7.89. The first-order chi connectivity index (χ1) is 7.72. The fourth-order valence-electron chi connectivity index (χ4n) is 1.93. The van der Waals surface area contributed by atoms with Gasteiger partial charge >= 0.3 is 0 Å². The molecule has 0 aliphatic carbocycles. The lowest BCUT2D eigenvalue weighted by molar-refractivity contribution is 0.527. The Kier molecular flexibility index (Phi) is 6.79. The van der Waals surface area contributed by atoms with Gasteiger partial charge in [0.05, 0.1) is 0 Å². The van der Waals surface area contributed by atoms with Gasteiger partial charge in [-0.2, -0.15) is 0 Å². The average Bonchev–Trinajstić information content (AvgIpc) is 2.28. The molecule has 0 nitrogen and oxygen atoms in total. The van der Waals surface area contributed by atoms with Crippen molar-refractivity contribution in [3.8, 4) is 0 Å². The van der Waals surface area contributed by atoms with Crippen molar-refractivity contribution in [3.05, 3.63) is 35.4 Å². The van der Waals surface area contributed by atoms with Crippen molar-refractivity contribution in [1.82, 2.24) is 0 Å². The van der Waals surface area contributed by atoms with E-state index in [4.69, 9.17) is 0 Å². The van der Waals surface area contributed by atoms with Crippen molar-refractivity contribution >= 4 is 15.9 Å². The van der Waals surface area contributed by atoms with E-state index in [1.807, 2.05) is 0 Å². The summed E-state index contributed by atoms with van der Waals surface area (Å²) in [6.45, 7) is 4.61. The van der Waals surface area contributed by atoms with Crippen LogP contribution in [0.3, 0.4) is 0 Å². The number of alkyl halides is 1. The SMILES string of the molecule is CC(C)CCCCCc1cccc(CBr)c1. The topological polar surface area (TPSA) is 0 Å². The molecule has 0 fully saturated rings. The van der Waals surface area contributed by atoms with E-state index >= 15 is 0 Å². The molecule has 1 aromatic carbocycles. The Balaban J connectivity index is 2.21. The summed E-state index contributed by atoms with van der Waals surface area (Å²) in [5, 5.41) is 0.966. The molecular formula is C15H23Br. The predicted octanol–water partition coefficient (Wildman–Crippen LogP) is 5.34. The summed E-state index contributed by atoms with van der Waals surface area (Å²) in [6, 6.07) is 8.91. The zero-order chi connectivity index (χ0) is 11.8. The summed E-state index contributed by atoms with van der Waals surface area (Å²) in [4.78, 5) is 0. The number of aryl methyl sites for hydroxylation is 1. The van der Waals surface area contributed by atoms with Crippen LogP contribution in [0.2, 0.25) is 0 Å². The number of rotatable bonds is 7. The third kappa shape index (κ3) is 5.69. The van der Waals surface area contributed by atoms with E-state index in [0.717, 1.165) is 11.2 Å². The zero-order valence-electron chi connectivity index (χ0n) is 10.5. The van der Waals surface area contributed by atoms with E-state index in [2.05, 4.69) is 54.0 Å². The van der Waals surface area contributed by atoms with Crippen LogP contribution in [0.1, 0.15) is 50.7 Å². The third-order valence-corrected chi connectivity index (χ3v) is 3.54. The monoisotopic (exact) mass is 282 g/mol. The maximum absolute atomic E-state index is 3.50. The highest BCUT2D eigenvalue weighted by molar-refractivity contribution is 9.08. The van der Waals surface area contributed by atoms with Gasteiger partial charge in [0.1, 0.15) is 0 Å². The van der Waals surface area contributed by atoms with Gasteiger partial charge in [-0.25, -0.2) is 0 Å². The molecule has 0 saturated heterocycles. The Morgan fingerprint density at radius 2 is 1.81 bits per heavy atom. The molecule has 0 heterocycles. The van der Waals surface area contributed by atoms with Gasteiger partial charge in [-0.05, 0) is 29.9 Å². The van der Waals surface area contributed by atoms with Gasteiger partial charge in [0.25, 0.3) is 0 Å². The van der Waals surface area contributed by atoms with Crippen LogP contribution in [0.15, 0.2) is 24.3 Å². The second-order valence-corrected chi connectivity index (χ2v) is 5.51. The normalized spacial score (nSPS) is 11.0. The van der Waals surface area contributed by atoms with E-state index in [0.29, 0.717) is 0 Å². The minimum atomic E-state index is 0.858. The lowest BCUT2D eigenvalue weighted by Gasteiger charge is -2.05. The Labute approximate surface area is 109 Å². The lowest BCUT2D eigenvalue weighted by Crippen LogP contribution is -1.90. The van der Waals surface area contributed by atoms with Crippen LogP contribution in [0, 0.1) is 5.92 Å². The van der Waals surface area contributed by atoms with E-state index in [9.17, 15) is 0 Å². The Bertz CT molecular complexity index is 291. The van der Waals surface area contributed by atoms with E-state index in [1.54, 1.807) is 0 Å². The Hall–Kier alpha value is -0.300. The average molecular weight is 283 g/mol. The summed E-state index contributed by atoms with van der Waals surface area (Å²) >= 11 is 3.50. The molecule has 0 atom stereocenters. The quantitative estimate of drug-likeness (QED) is 0.468. The Morgan fingerprint density at radius 3 is 2.50 bits per heavy atom. The van der Waals surface area contributed by atoms with Crippen molar-refractivity contribution in [3.63, 3.8) is 0 Å². The molecule has 0 aliphatic rings. The van der Waals surface area contributed by atoms with Crippen LogP contribution < -0.4 is 0 Å². The second-order valence-electron chi connectivity index (χ2n) is 4.95. The molecule has 0 bridgehead atoms. The van der Waals surface area contributed by atoms with Crippen molar-refractivity contribution < 1.29 is 0 Å². The Morgan fingerprint density at radius 1 is 1.06 bits per heavy atom. The van der Waals surface area contributed by atoms with E-state index < -0.39 is 0 Å². The van der Waals surface area contributed by atoms with Gasteiger partial charge in [-0.3, -0.25) is 0 Å². The van der Waals surface area contributed by atoms with Gasteiger partial charge in [0, 0.05) is 5.33 Å². The molecule has 0 saturated carbocycles. The molecule has 1 aromatic rings. The van der Waals surface area contributed by atoms with E-state index in [-0.39, 0.29) is 0 Å². The molecule has 0 radical (unpaired) electrons. The first-order valence-electron chi connectivity index (χ1n) is 6.36. The summed E-state index contributed by atoms with van der Waals surface area (Å²) in [5.74, 6) is 0.858. The molecule has 0 amide bonds. The third-order valence-electron chi connectivity index (χ3n) is 2.89. The highest BCUT2D eigenvalue weighted by Crippen LogP contribution is 2.13. The van der Waals surface area contributed by atoms with Crippen LogP contribution in [-0.2, 0) is 11.8 Å². The molecule has 1 rings (SSSR count). The van der Waals surface area contributed by atoms with Crippen molar-refractivity contribution in [2.45, 2.75) is 51.3 Å². The number of halogens is 1. The van der Waals surface area contributed by atoms with Gasteiger partial charge < -0.3 is 0 Å². The summed E-state index contributed by atoms with van der Waals surface area (Å²) in [6.07, 6.45) is 6.70. The van der Waals surface area contributed by atoms with Gasteiger partial charge in [0.15, 0.2) is 0 Å². The highest BCUT2D eigenvalue weighted by atomic mass is 79.9. The largest absolute Gasteiger partial charge is 0.0876 e. The fraction of sp³-hybridized carbons (Fsp3) is 0.600. The minimum absolute atomic E-state index is 0.858. The minimum Gasteiger partial charge on any atom is -0.0876 e. The number of hydrogen-bond acceptors (Lipinski definition) is 0. The maximum Gasteiger partial charge on any atom is 0.0283 e. The molecule has 0 unspecified atom stereocenters. The van der Waals surface area contributed by atoms with Crippen LogP contribution >= 0.6 is 15.9 Å². The predicted molar refractivity (Wildman–Crippen MR) is 76.1 cm³/mol. The molecule has 1 heteroatoms. The summed E-state index contributed by atoms with van der Waals surface area (Å²) < 4.78 is 0. The summed E-state index contributed by atoms with van der Waals surface area (Å²) in [7, 11) is 0. The zero-order valence-corrected chi connectivity index (χ0v) is 12.1. The molecule has 90 valence electrons. The van der Waals surface area contributed by atoms with Crippen LogP contribution in [0.5, 0.6) is 0 Å². The molecule has 0 spiro atoms. The van der Waals surface area contributed by atoms with Crippen molar-refractivity contribution in [2.24, 2.45) is 5.92 Å². The van der Waals surface area contributed by atoms with Crippen LogP contribution in [0.4, 0.5) is 0 Å². The highest BCUT2D eigenvalue weighted by Gasteiger charge is 1.97. The molecule has 0 aliphatic heterocycles. The van der Waals surface area contributed by atoms with Gasteiger partial charge in [-0.1, -0.05) is 73.3 Å². The van der Waals surface area contributed by atoms with Crippen LogP contribution in [0.25, 0.3) is 0 Å². The van der Waals surface area contributed by atoms with Crippen molar-refractivity contribution in [1.29, 1.82) is 0 Å². The first kappa shape index (κ1) is 13.8. The van der Waals surface area contributed by atoms with Gasteiger partial charge in [0.2, 0.25) is 0 Å². The van der Waals surface area contributed by atoms with Crippen molar-refractivity contribution in [2.75, 3.05) is 0 Å². The molecule has 0 N–H and O–H groups in total. The molecule has 16 heavy (non-hydrogen) atoms. The first-order valence-corrected chi connectivity index (χ1v) is 7.48. The molecular weight excluding hydrogens is 260 g/mol. The smallest absolute Gasteiger partial charge is 0.0283 e. The number of unbranched alkanes of at least 4 members (excludes halogenated alkanes) is 2. The van der Waals surface area contributed by atoms with E-state index in [1.165, 1.54) is 43.2 Å². The van der Waals surface area contributed by atoms with Gasteiger partial charge in [-0.15, -0.1) is 0 Å². The number of benzene rings is 1. The summed E-state index contributed by atoms with van der Waals surface area (Å²) in [5.41, 5.74) is 2.88. The maximum atomic E-state index is 3.50. The number of hydrogen-bond donors (Lipinski definition) is 0. The fourth-order valence-corrected chi connectivity index (χ4v) is 2.28. The molecule has 0 aromatic heterocycles. The van der Waals surface area contributed by atoms with Crippen LogP contribution in [-0.4, -0.2) is 0 Å². The lowest BCUT2D eigenvalue weighted by atomic mass is 10.0. The standard InChI is InChI=1S/C15H23Br/c1-13(2)7-4-3-5-8-14-9-6-10-15(11-14)12-16/h6,9-11,13H,3-5,7-8,12H2,1-2H3.